The molecule has 4 rings (SSSR count). The van der Waals surface area contributed by atoms with Crippen LogP contribution in [0.1, 0.15) is 28.3 Å². The van der Waals surface area contributed by atoms with Gasteiger partial charge in [0.2, 0.25) is 5.91 Å². The van der Waals surface area contributed by atoms with Crippen molar-refractivity contribution in [3.8, 4) is 0 Å². The summed E-state index contributed by atoms with van der Waals surface area (Å²) in [5.74, 6) is -0.423. The van der Waals surface area contributed by atoms with Gasteiger partial charge in [-0.1, -0.05) is 121 Å². The number of rotatable bonds is 7. The summed E-state index contributed by atoms with van der Waals surface area (Å²) < 4.78 is 0. The highest BCUT2D eigenvalue weighted by atomic mass is 16.1. The van der Waals surface area contributed by atoms with Crippen LogP contribution in [0.25, 0.3) is 0 Å². The molecule has 0 fully saturated rings. The van der Waals surface area contributed by atoms with E-state index in [2.05, 4.69) is 41.7 Å². The molecule has 3 heteroatoms. The van der Waals surface area contributed by atoms with Crippen LogP contribution in [-0.2, 0) is 10.3 Å². The number of benzene rings is 4. The van der Waals surface area contributed by atoms with Gasteiger partial charge in [0.15, 0.2) is 0 Å². The van der Waals surface area contributed by atoms with Gasteiger partial charge in [0, 0.05) is 0 Å². The Bertz CT molecular complexity index is 984. The van der Waals surface area contributed by atoms with Gasteiger partial charge in [-0.2, -0.15) is 0 Å². The zero-order chi connectivity index (χ0) is 20.8. The van der Waals surface area contributed by atoms with Crippen LogP contribution >= 0.6 is 0 Å². The summed E-state index contributed by atoms with van der Waals surface area (Å²) in [4.78, 5) is 12.6. The molecule has 30 heavy (non-hydrogen) atoms. The predicted octanol–water partition coefficient (Wildman–Crippen LogP) is 4.79. The second-order valence-corrected chi connectivity index (χ2v) is 7.24. The lowest BCUT2D eigenvalue weighted by Crippen LogP contribution is -2.49. The Balaban J connectivity index is 1.98. The quantitative estimate of drug-likeness (QED) is 0.444. The van der Waals surface area contributed by atoms with E-state index in [0.29, 0.717) is 0 Å². The molecule has 4 aromatic rings. The van der Waals surface area contributed by atoms with Crippen molar-refractivity contribution in [2.24, 2.45) is 5.73 Å². The summed E-state index contributed by atoms with van der Waals surface area (Å²) in [6, 6.07) is 39.5. The van der Waals surface area contributed by atoms with Crippen LogP contribution < -0.4 is 11.1 Å². The van der Waals surface area contributed by atoms with E-state index in [4.69, 9.17) is 5.73 Å². The van der Waals surface area contributed by atoms with Crippen LogP contribution in [0, 0.1) is 0 Å². The lowest BCUT2D eigenvalue weighted by molar-refractivity contribution is -0.120. The highest BCUT2D eigenvalue weighted by Gasteiger charge is 2.39. The molecule has 0 radical (unpaired) electrons. The summed E-state index contributed by atoms with van der Waals surface area (Å²) in [6.07, 6.45) is 0. The number of carbonyl (C=O) groups is 1. The normalized spacial score (nSPS) is 12.3. The molecule has 148 valence electrons. The van der Waals surface area contributed by atoms with E-state index in [1.807, 2.05) is 84.9 Å². The maximum Gasteiger partial charge on any atom is 0.239 e. The number of carbonyl (C=O) groups excluding carboxylic acids is 1. The molecule has 0 aromatic heterocycles. The van der Waals surface area contributed by atoms with E-state index < -0.39 is 17.5 Å². The molecule has 0 saturated heterocycles. The minimum absolute atomic E-state index is 0.423. The fourth-order valence-corrected chi connectivity index (χ4v) is 4.00. The van der Waals surface area contributed by atoms with Crippen LogP contribution in [0.4, 0.5) is 0 Å². The Morgan fingerprint density at radius 3 is 1.27 bits per heavy atom. The van der Waals surface area contributed by atoms with E-state index in [9.17, 15) is 4.79 Å². The number of hydrogen-bond acceptors (Lipinski definition) is 2. The highest BCUT2D eigenvalue weighted by molar-refractivity contribution is 5.82. The molecule has 0 saturated carbocycles. The average Bonchev–Trinajstić information content (AvgIpc) is 2.82. The number of nitrogens with one attached hydrogen (secondary N) is 1. The first kappa shape index (κ1) is 19.6. The van der Waals surface area contributed by atoms with Crippen molar-refractivity contribution in [1.29, 1.82) is 0 Å². The van der Waals surface area contributed by atoms with Crippen LogP contribution in [0.15, 0.2) is 121 Å². The Morgan fingerprint density at radius 1 is 0.600 bits per heavy atom. The third-order valence-electron chi connectivity index (χ3n) is 5.40. The third kappa shape index (κ3) is 3.76. The van der Waals surface area contributed by atoms with Gasteiger partial charge in [0.1, 0.15) is 6.04 Å². The Morgan fingerprint density at radius 2 is 0.933 bits per heavy atom. The summed E-state index contributed by atoms with van der Waals surface area (Å²) in [5.41, 5.74) is 9.07. The van der Waals surface area contributed by atoms with E-state index in [-0.39, 0.29) is 0 Å². The fraction of sp³-hybridized carbons (Fsp3) is 0.0741. The van der Waals surface area contributed by atoms with Crippen molar-refractivity contribution < 1.29 is 4.79 Å². The molecule has 0 aliphatic rings. The number of nitrogens with two attached hydrogens (primary N) is 1. The predicted molar refractivity (Wildman–Crippen MR) is 121 cm³/mol. The van der Waals surface area contributed by atoms with Crippen molar-refractivity contribution in [3.63, 3.8) is 0 Å². The fourth-order valence-electron chi connectivity index (χ4n) is 4.00. The maximum absolute atomic E-state index is 12.6. The molecule has 3 nitrogen and oxygen atoms in total. The second kappa shape index (κ2) is 8.76. The topological polar surface area (TPSA) is 55.1 Å². The largest absolute Gasteiger partial charge is 0.368 e. The smallest absolute Gasteiger partial charge is 0.239 e. The van der Waals surface area contributed by atoms with Crippen LogP contribution in [0.5, 0.6) is 0 Å². The Kier molecular flexibility index (Phi) is 5.73. The lowest BCUT2D eigenvalue weighted by atomic mass is 9.76. The van der Waals surface area contributed by atoms with E-state index in [0.717, 1.165) is 22.3 Å². The molecular weight excluding hydrogens is 368 g/mol. The van der Waals surface area contributed by atoms with Gasteiger partial charge in [-0.05, 0) is 22.3 Å². The standard InChI is InChI=1S/C27H24N2O/c28-26(30)25(21-13-5-1-6-14-21)29-27(22-15-7-2-8-16-22,23-17-9-3-10-18-23)24-19-11-4-12-20-24/h1-20,25,29H,(H2,28,30)/t25-/m0/s1. The van der Waals surface area contributed by atoms with E-state index in [1.165, 1.54) is 0 Å². The van der Waals surface area contributed by atoms with Crippen molar-refractivity contribution in [2.45, 2.75) is 11.6 Å². The van der Waals surface area contributed by atoms with E-state index in [1.54, 1.807) is 0 Å². The summed E-state index contributed by atoms with van der Waals surface area (Å²) in [7, 11) is 0. The lowest BCUT2D eigenvalue weighted by Gasteiger charge is -2.39. The number of primary amides is 1. The number of amides is 1. The SMILES string of the molecule is NC(=O)[C@@H](NC(c1ccccc1)(c1ccccc1)c1ccccc1)c1ccccc1. The first-order valence-electron chi connectivity index (χ1n) is 10.0. The van der Waals surface area contributed by atoms with Crippen LogP contribution in [0.2, 0.25) is 0 Å². The van der Waals surface area contributed by atoms with Crippen LogP contribution in [0.3, 0.4) is 0 Å². The molecule has 0 bridgehead atoms. The molecule has 0 aliphatic heterocycles. The summed E-state index contributed by atoms with van der Waals surface area (Å²) in [5, 5.41) is 3.66. The van der Waals surface area contributed by atoms with Gasteiger partial charge in [0.25, 0.3) is 0 Å². The first-order valence-corrected chi connectivity index (χ1v) is 10.0. The molecule has 0 spiro atoms. The molecule has 0 unspecified atom stereocenters. The monoisotopic (exact) mass is 392 g/mol. The molecule has 1 amide bonds. The molecule has 0 aliphatic carbocycles. The van der Waals surface area contributed by atoms with Crippen molar-refractivity contribution in [2.75, 3.05) is 0 Å². The number of hydrogen-bond donors (Lipinski definition) is 2. The Hall–Kier alpha value is -3.69. The summed E-state index contributed by atoms with van der Waals surface area (Å²) >= 11 is 0. The first-order chi connectivity index (χ1) is 14.7. The summed E-state index contributed by atoms with van der Waals surface area (Å²) in [6.45, 7) is 0. The molecular formula is C27H24N2O. The molecule has 3 N–H and O–H groups in total. The van der Waals surface area contributed by atoms with E-state index >= 15 is 0 Å². The minimum Gasteiger partial charge on any atom is -0.368 e. The molecule has 4 aromatic carbocycles. The highest BCUT2D eigenvalue weighted by Crippen LogP contribution is 2.38. The average molecular weight is 393 g/mol. The third-order valence-corrected chi connectivity index (χ3v) is 5.40. The van der Waals surface area contributed by atoms with Gasteiger partial charge in [-0.25, -0.2) is 0 Å². The van der Waals surface area contributed by atoms with Crippen molar-refractivity contribution in [1.82, 2.24) is 5.32 Å². The van der Waals surface area contributed by atoms with Crippen molar-refractivity contribution >= 4 is 5.91 Å². The van der Waals surface area contributed by atoms with Crippen molar-refractivity contribution in [3.05, 3.63) is 144 Å². The molecule has 0 heterocycles. The van der Waals surface area contributed by atoms with Gasteiger partial charge in [-0.3, -0.25) is 10.1 Å². The van der Waals surface area contributed by atoms with Gasteiger partial charge in [0.05, 0.1) is 5.54 Å². The Labute approximate surface area is 177 Å². The van der Waals surface area contributed by atoms with Gasteiger partial charge in [-0.15, -0.1) is 0 Å². The van der Waals surface area contributed by atoms with Gasteiger partial charge < -0.3 is 5.73 Å². The second-order valence-electron chi connectivity index (χ2n) is 7.24. The zero-order valence-electron chi connectivity index (χ0n) is 16.6. The maximum atomic E-state index is 12.6. The molecule has 1 atom stereocenters. The zero-order valence-corrected chi connectivity index (χ0v) is 16.6. The van der Waals surface area contributed by atoms with Gasteiger partial charge >= 0.3 is 0 Å². The minimum atomic E-state index is -0.765. The van der Waals surface area contributed by atoms with Crippen LogP contribution in [-0.4, -0.2) is 5.91 Å².